The highest BCUT2D eigenvalue weighted by Crippen LogP contribution is 2.28. The molecule has 0 N–H and O–H groups in total. The lowest BCUT2D eigenvalue weighted by Gasteiger charge is -2.28. The highest BCUT2D eigenvalue weighted by molar-refractivity contribution is 5.05. The van der Waals surface area contributed by atoms with Crippen molar-refractivity contribution in [3.63, 3.8) is 0 Å². The zero-order valence-electron chi connectivity index (χ0n) is 13.0. The molecule has 0 amide bonds. The van der Waals surface area contributed by atoms with E-state index in [1.54, 1.807) is 10.8 Å². The van der Waals surface area contributed by atoms with Gasteiger partial charge in [-0.2, -0.15) is 0 Å². The molecule has 116 valence electrons. The van der Waals surface area contributed by atoms with Gasteiger partial charge < -0.3 is 0 Å². The number of nitrogens with zero attached hydrogens (tertiary/aromatic N) is 2. The summed E-state index contributed by atoms with van der Waals surface area (Å²) in [5.41, 5.74) is 0.578. The third-order valence-electron chi connectivity index (χ3n) is 5.22. The van der Waals surface area contributed by atoms with Crippen molar-refractivity contribution in [3.8, 4) is 0 Å². The molecule has 4 nitrogen and oxygen atoms in total. The van der Waals surface area contributed by atoms with Gasteiger partial charge in [0.1, 0.15) is 0 Å². The van der Waals surface area contributed by atoms with Gasteiger partial charge in [0.05, 0.1) is 0 Å². The van der Waals surface area contributed by atoms with Gasteiger partial charge in [0.25, 0.3) is 5.56 Å². The van der Waals surface area contributed by atoms with E-state index in [9.17, 15) is 9.59 Å². The van der Waals surface area contributed by atoms with Gasteiger partial charge in [0, 0.05) is 23.8 Å². The van der Waals surface area contributed by atoms with Crippen LogP contribution in [0.1, 0.15) is 81.9 Å². The second-order valence-corrected chi connectivity index (χ2v) is 6.76. The largest absolute Gasteiger partial charge is 0.331 e. The van der Waals surface area contributed by atoms with Crippen LogP contribution in [-0.4, -0.2) is 9.13 Å². The zero-order valence-corrected chi connectivity index (χ0v) is 13.0. The van der Waals surface area contributed by atoms with Crippen molar-refractivity contribution in [2.75, 3.05) is 0 Å². The van der Waals surface area contributed by atoms with Crippen molar-refractivity contribution in [2.45, 2.75) is 83.2 Å². The Kier molecular flexibility index (Phi) is 4.32. The van der Waals surface area contributed by atoms with Gasteiger partial charge >= 0.3 is 5.69 Å². The SMILES string of the molecule is Cc1cn(C2CCCCC2)c(=O)n(C2CCCCC2)c1=O. The lowest BCUT2D eigenvalue weighted by Crippen LogP contribution is -2.44. The Morgan fingerprint density at radius 1 is 0.857 bits per heavy atom. The van der Waals surface area contributed by atoms with Gasteiger partial charge in [0.2, 0.25) is 0 Å². The summed E-state index contributed by atoms with van der Waals surface area (Å²) in [5, 5.41) is 0. The molecule has 2 saturated carbocycles. The van der Waals surface area contributed by atoms with Crippen LogP contribution >= 0.6 is 0 Å². The first-order valence-electron chi connectivity index (χ1n) is 8.53. The van der Waals surface area contributed by atoms with Crippen molar-refractivity contribution in [3.05, 3.63) is 32.6 Å². The smallest absolute Gasteiger partial charge is 0.297 e. The maximum absolute atomic E-state index is 12.9. The number of hydrogen-bond donors (Lipinski definition) is 0. The third-order valence-corrected chi connectivity index (χ3v) is 5.22. The fourth-order valence-electron chi connectivity index (χ4n) is 4.00. The quantitative estimate of drug-likeness (QED) is 0.838. The molecule has 1 aromatic heterocycles. The molecule has 2 aliphatic rings. The first-order valence-corrected chi connectivity index (χ1v) is 8.53. The van der Waals surface area contributed by atoms with Crippen LogP contribution in [0.5, 0.6) is 0 Å². The molecule has 2 fully saturated rings. The van der Waals surface area contributed by atoms with Gasteiger partial charge in [0.15, 0.2) is 0 Å². The average Bonchev–Trinajstić information content (AvgIpc) is 2.53. The maximum atomic E-state index is 12.9. The average molecular weight is 290 g/mol. The molecular formula is C17H26N2O2. The van der Waals surface area contributed by atoms with Crippen LogP contribution in [0.15, 0.2) is 15.8 Å². The predicted octanol–water partition coefficient (Wildman–Crippen LogP) is 3.33. The van der Waals surface area contributed by atoms with Crippen molar-refractivity contribution >= 4 is 0 Å². The van der Waals surface area contributed by atoms with Gasteiger partial charge in [-0.05, 0) is 32.6 Å². The van der Waals surface area contributed by atoms with Crippen LogP contribution in [-0.2, 0) is 0 Å². The van der Waals surface area contributed by atoms with E-state index in [1.165, 1.54) is 25.7 Å². The van der Waals surface area contributed by atoms with Crippen molar-refractivity contribution in [1.82, 2.24) is 9.13 Å². The summed E-state index contributed by atoms with van der Waals surface area (Å²) in [5.74, 6) is 0. The fourth-order valence-corrected chi connectivity index (χ4v) is 4.00. The summed E-state index contributed by atoms with van der Waals surface area (Å²) < 4.78 is 3.44. The molecule has 3 rings (SSSR count). The van der Waals surface area contributed by atoms with E-state index in [-0.39, 0.29) is 17.3 Å². The topological polar surface area (TPSA) is 44.0 Å². The minimum Gasteiger partial charge on any atom is -0.297 e. The van der Waals surface area contributed by atoms with Crippen LogP contribution < -0.4 is 11.2 Å². The molecule has 0 bridgehead atoms. The molecule has 4 heteroatoms. The lowest BCUT2D eigenvalue weighted by atomic mass is 9.94. The van der Waals surface area contributed by atoms with Gasteiger partial charge in [-0.1, -0.05) is 38.5 Å². The van der Waals surface area contributed by atoms with E-state index in [1.807, 2.05) is 11.5 Å². The van der Waals surface area contributed by atoms with Crippen molar-refractivity contribution < 1.29 is 0 Å². The molecule has 0 aromatic carbocycles. The molecule has 1 aromatic rings. The number of rotatable bonds is 2. The number of aryl methyl sites for hydroxylation is 1. The Balaban J connectivity index is 2.04. The number of aromatic nitrogens is 2. The molecule has 0 spiro atoms. The summed E-state index contributed by atoms with van der Waals surface area (Å²) in [6.45, 7) is 1.85. The summed E-state index contributed by atoms with van der Waals surface area (Å²) in [4.78, 5) is 25.3. The molecule has 0 radical (unpaired) electrons. The number of hydrogen-bond acceptors (Lipinski definition) is 2. The molecular weight excluding hydrogens is 264 g/mol. The van der Waals surface area contributed by atoms with E-state index < -0.39 is 0 Å². The fraction of sp³-hybridized carbons (Fsp3) is 0.765. The minimum absolute atomic E-state index is 0.0654. The monoisotopic (exact) mass is 290 g/mol. The molecule has 0 aliphatic heterocycles. The summed E-state index contributed by atoms with van der Waals surface area (Å²) >= 11 is 0. The highest BCUT2D eigenvalue weighted by atomic mass is 16.2. The third kappa shape index (κ3) is 2.85. The van der Waals surface area contributed by atoms with E-state index in [2.05, 4.69) is 0 Å². The first-order chi connectivity index (χ1) is 10.2. The summed E-state index contributed by atoms with van der Waals surface area (Å²) in [7, 11) is 0. The van der Waals surface area contributed by atoms with E-state index in [4.69, 9.17) is 0 Å². The Morgan fingerprint density at radius 3 is 1.95 bits per heavy atom. The van der Waals surface area contributed by atoms with Crippen LogP contribution in [0.3, 0.4) is 0 Å². The highest BCUT2D eigenvalue weighted by Gasteiger charge is 2.24. The van der Waals surface area contributed by atoms with E-state index in [0.29, 0.717) is 11.6 Å². The van der Waals surface area contributed by atoms with Crippen LogP contribution in [0.25, 0.3) is 0 Å². The Labute approximate surface area is 125 Å². The Hall–Kier alpha value is -1.32. The molecule has 1 heterocycles. The van der Waals surface area contributed by atoms with E-state index in [0.717, 1.165) is 38.5 Å². The standard InChI is InChI=1S/C17H26N2O2/c1-13-12-18(14-8-4-2-5-9-14)17(21)19(16(13)20)15-10-6-3-7-11-15/h12,14-15H,2-11H2,1H3. The lowest BCUT2D eigenvalue weighted by molar-refractivity contribution is 0.298. The molecule has 0 saturated heterocycles. The predicted molar refractivity (Wildman–Crippen MR) is 83.9 cm³/mol. The summed E-state index contributed by atoms with van der Waals surface area (Å²) in [6.07, 6.45) is 13.1. The van der Waals surface area contributed by atoms with Gasteiger partial charge in [-0.3, -0.25) is 13.9 Å². The normalized spacial score (nSPS) is 21.6. The van der Waals surface area contributed by atoms with Gasteiger partial charge in [-0.25, -0.2) is 4.79 Å². The molecule has 2 aliphatic carbocycles. The van der Waals surface area contributed by atoms with Gasteiger partial charge in [-0.15, -0.1) is 0 Å². The molecule has 0 atom stereocenters. The van der Waals surface area contributed by atoms with Crippen LogP contribution in [0.4, 0.5) is 0 Å². The second-order valence-electron chi connectivity index (χ2n) is 6.76. The Morgan fingerprint density at radius 2 is 1.38 bits per heavy atom. The zero-order chi connectivity index (χ0) is 14.8. The Bertz CT molecular complexity index is 602. The molecule has 21 heavy (non-hydrogen) atoms. The van der Waals surface area contributed by atoms with Crippen molar-refractivity contribution in [1.29, 1.82) is 0 Å². The second kappa shape index (κ2) is 6.20. The molecule has 0 unspecified atom stereocenters. The van der Waals surface area contributed by atoms with E-state index >= 15 is 0 Å². The maximum Gasteiger partial charge on any atom is 0.331 e. The van der Waals surface area contributed by atoms with Crippen LogP contribution in [0, 0.1) is 6.92 Å². The summed E-state index contributed by atoms with van der Waals surface area (Å²) in [6, 6.07) is 0.411. The van der Waals surface area contributed by atoms with Crippen LogP contribution in [0.2, 0.25) is 0 Å². The minimum atomic E-state index is -0.0704. The van der Waals surface area contributed by atoms with Crippen molar-refractivity contribution in [2.24, 2.45) is 0 Å². The first kappa shape index (κ1) is 14.6.